The molecule has 1 N–H and O–H groups in total. The normalized spacial score (nSPS) is 15.6. The van der Waals surface area contributed by atoms with Gasteiger partial charge in [0.1, 0.15) is 6.10 Å². The fourth-order valence-corrected chi connectivity index (χ4v) is 9.99. The molecule has 0 amide bonds. The van der Waals surface area contributed by atoms with E-state index in [9.17, 15) is 5.11 Å². The number of rotatable bonds is 8. The maximum absolute atomic E-state index is 10.8. The Morgan fingerprint density at radius 2 is 1.64 bits per heavy atom. The van der Waals surface area contributed by atoms with E-state index in [2.05, 4.69) is 48.1 Å². The van der Waals surface area contributed by atoms with Gasteiger partial charge < -0.3 is 9.53 Å². The van der Waals surface area contributed by atoms with Crippen molar-refractivity contribution in [2.75, 3.05) is 0 Å². The number of aliphatic hydroxyl groups is 1. The van der Waals surface area contributed by atoms with Gasteiger partial charge in [0.05, 0.1) is 6.10 Å². The molecule has 126 valence electrons. The molecule has 1 rings (SSSR count). The number of hydrogen-bond donors (Lipinski definition) is 1. The molecule has 0 aromatic carbocycles. The fourth-order valence-electron chi connectivity index (χ4n) is 3.67. The summed E-state index contributed by atoms with van der Waals surface area (Å²) in [6.07, 6.45) is -0.946. The predicted octanol–water partition coefficient (Wildman–Crippen LogP) is 5.92. The average Bonchev–Trinajstić information content (AvgIpc) is 2.91. The quantitative estimate of drug-likeness (QED) is 0.470. The van der Waals surface area contributed by atoms with E-state index in [0.29, 0.717) is 16.6 Å². The van der Waals surface area contributed by atoms with E-state index in [1.807, 2.05) is 24.4 Å². The second-order valence-electron chi connectivity index (χ2n) is 7.16. The number of aliphatic hydroxyl groups excluding tert-OH is 1. The SMILES string of the molecule is C=C(C)[C@H](O[Si](C(C)C)(C(C)C)C(C)C)[C@H](O)c1cccs1. The van der Waals surface area contributed by atoms with E-state index in [1.54, 1.807) is 11.3 Å². The van der Waals surface area contributed by atoms with Crippen LogP contribution >= 0.6 is 11.3 Å². The minimum Gasteiger partial charge on any atom is -0.406 e. The van der Waals surface area contributed by atoms with Gasteiger partial charge in [-0.25, -0.2) is 0 Å². The lowest BCUT2D eigenvalue weighted by Gasteiger charge is -2.45. The van der Waals surface area contributed by atoms with Crippen LogP contribution in [-0.4, -0.2) is 19.5 Å². The van der Waals surface area contributed by atoms with Gasteiger partial charge in [0.25, 0.3) is 0 Å². The Hall–Kier alpha value is -0.423. The summed E-state index contributed by atoms with van der Waals surface area (Å²) in [4.78, 5) is 0.951. The third-order valence-electron chi connectivity index (χ3n) is 4.65. The minimum atomic E-state index is -2.04. The van der Waals surface area contributed by atoms with Crippen molar-refractivity contribution in [1.29, 1.82) is 0 Å². The van der Waals surface area contributed by atoms with Crippen LogP contribution < -0.4 is 0 Å². The molecule has 1 aromatic heterocycles. The largest absolute Gasteiger partial charge is 0.406 e. The topological polar surface area (TPSA) is 29.5 Å². The van der Waals surface area contributed by atoms with Gasteiger partial charge in [-0.2, -0.15) is 0 Å². The van der Waals surface area contributed by atoms with E-state index in [4.69, 9.17) is 4.43 Å². The van der Waals surface area contributed by atoms with Gasteiger partial charge >= 0.3 is 0 Å². The fraction of sp³-hybridized carbons (Fsp3) is 0.667. The van der Waals surface area contributed by atoms with Crippen molar-refractivity contribution in [1.82, 2.24) is 0 Å². The lowest BCUT2D eigenvalue weighted by Crippen LogP contribution is -2.51. The Morgan fingerprint density at radius 3 is 1.95 bits per heavy atom. The molecule has 0 spiro atoms. The number of hydrogen-bond acceptors (Lipinski definition) is 3. The monoisotopic (exact) mass is 340 g/mol. The first-order valence-corrected chi connectivity index (χ1v) is 11.2. The van der Waals surface area contributed by atoms with Crippen molar-refractivity contribution in [3.05, 3.63) is 34.5 Å². The average molecular weight is 341 g/mol. The molecule has 4 heteroatoms. The molecule has 0 aliphatic rings. The van der Waals surface area contributed by atoms with Crippen molar-refractivity contribution in [3.63, 3.8) is 0 Å². The van der Waals surface area contributed by atoms with Gasteiger partial charge in [0.2, 0.25) is 8.32 Å². The Balaban J connectivity index is 3.18. The summed E-state index contributed by atoms with van der Waals surface area (Å²) in [5.41, 5.74) is 2.37. The van der Waals surface area contributed by atoms with E-state index in [0.717, 1.165) is 10.5 Å². The molecule has 2 nitrogen and oxygen atoms in total. The predicted molar refractivity (Wildman–Crippen MR) is 100 cm³/mol. The highest BCUT2D eigenvalue weighted by Crippen LogP contribution is 2.45. The van der Waals surface area contributed by atoms with Crippen LogP contribution in [0.2, 0.25) is 16.6 Å². The molecule has 0 saturated heterocycles. The van der Waals surface area contributed by atoms with Crippen LogP contribution in [0.25, 0.3) is 0 Å². The summed E-state index contributed by atoms with van der Waals surface area (Å²) in [5, 5.41) is 12.8. The third-order valence-corrected chi connectivity index (χ3v) is 11.7. The molecule has 2 atom stereocenters. The van der Waals surface area contributed by atoms with Gasteiger partial charge in [-0.1, -0.05) is 59.8 Å². The van der Waals surface area contributed by atoms with E-state index >= 15 is 0 Å². The smallest absolute Gasteiger partial charge is 0.201 e. The molecular weight excluding hydrogens is 308 g/mol. The highest BCUT2D eigenvalue weighted by Gasteiger charge is 2.47. The summed E-state index contributed by atoms with van der Waals surface area (Å²) in [6, 6.07) is 3.94. The molecule has 0 saturated carbocycles. The summed E-state index contributed by atoms with van der Waals surface area (Å²) >= 11 is 1.57. The zero-order valence-corrected chi connectivity index (χ0v) is 16.9. The van der Waals surface area contributed by atoms with Crippen LogP contribution in [0.1, 0.15) is 59.4 Å². The van der Waals surface area contributed by atoms with Gasteiger partial charge in [0.15, 0.2) is 0 Å². The van der Waals surface area contributed by atoms with Crippen molar-refractivity contribution in [2.45, 2.75) is 77.3 Å². The lowest BCUT2D eigenvalue weighted by atomic mass is 10.1. The second-order valence-corrected chi connectivity index (χ2v) is 13.5. The molecule has 0 radical (unpaired) electrons. The van der Waals surface area contributed by atoms with Crippen molar-refractivity contribution in [3.8, 4) is 0 Å². The Kier molecular flexibility index (Phi) is 7.05. The Morgan fingerprint density at radius 1 is 1.14 bits per heavy atom. The number of thiophene rings is 1. The van der Waals surface area contributed by atoms with Crippen molar-refractivity contribution in [2.24, 2.45) is 0 Å². The zero-order valence-electron chi connectivity index (χ0n) is 15.1. The first-order valence-electron chi connectivity index (χ1n) is 8.19. The maximum Gasteiger partial charge on any atom is 0.201 e. The third kappa shape index (κ3) is 3.91. The molecule has 1 aromatic rings. The maximum atomic E-state index is 10.8. The highest BCUT2D eigenvalue weighted by molar-refractivity contribution is 7.10. The Labute approximate surface area is 141 Å². The van der Waals surface area contributed by atoms with E-state index in [1.165, 1.54) is 0 Å². The first-order chi connectivity index (χ1) is 10.1. The van der Waals surface area contributed by atoms with Gasteiger partial charge in [-0.05, 0) is 35.0 Å². The van der Waals surface area contributed by atoms with Crippen LogP contribution in [0.4, 0.5) is 0 Å². The van der Waals surface area contributed by atoms with Gasteiger partial charge in [0, 0.05) is 4.88 Å². The molecule has 22 heavy (non-hydrogen) atoms. The van der Waals surface area contributed by atoms with Crippen LogP contribution in [-0.2, 0) is 4.43 Å². The molecular formula is C18H32O2SSi. The minimum absolute atomic E-state index is 0.322. The van der Waals surface area contributed by atoms with Crippen LogP contribution in [0.15, 0.2) is 29.7 Å². The van der Waals surface area contributed by atoms with Crippen LogP contribution in [0.5, 0.6) is 0 Å². The van der Waals surface area contributed by atoms with Crippen molar-refractivity contribution < 1.29 is 9.53 Å². The van der Waals surface area contributed by atoms with Crippen molar-refractivity contribution >= 4 is 19.7 Å². The summed E-state index contributed by atoms with van der Waals surface area (Å²) in [5.74, 6) is 0. The van der Waals surface area contributed by atoms with Gasteiger partial charge in [-0.15, -0.1) is 11.3 Å². The summed E-state index contributed by atoms with van der Waals surface area (Å²) in [7, 11) is -2.04. The lowest BCUT2D eigenvalue weighted by molar-refractivity contribution is 0.0483. The highest BCUT2D eigenvalue weighted by atomic mass is 32.1. The molecule has 0 fully saturated rings. The molecule has 0 aliphatic heterocycles. The molecule has 0 unspecified atom stereocenters. The van der Waals surface area contributed by atoms with Gasteiger partial charge in [-0.3, -0.25) is 0 Å². The van der Waals surface area contributed by atoms with Crippen LogP contribution in [0.3, 0.4) is 0 Å². The molecule has 0 aliphatic carbocycles. The summed E-state index contributed by atoms with van der Waals surface area (Å²) < 4.78 is 6.77. The van der Waals surface area contributed by atoms with Crippen LogP contribution in [0, 0.1) is 0 Å². The molecule has 0 bridgehead atoms. The standard InChI is InChI=1S/C18H32O2SSi/c1-12(2)18(17(19)16-10-9-11-21-16)20-22(13(3)4,14(5)6)15(7)8/h9-11,13-15,17-19H,1H2,2-8H3/t17-,18+/m1/s1. The Bertz CT molecular complexity index is 444. The first kappa shape index (κ1) is 19.6. The summed E-state index contributed by atoms with van der Waals surface area (Å²) in [6.45, 7) is 19.6. The van der Waals surface area contributed by atoms with E-state index < -0.39 is 14.4 Å². The molecule has 1 heterocycles. The second kappa shape index (κ2) is 7.91. The zero-order chi connectivity index (χ0) is 17.1. The van der Waals surface area contributed by atoms with E-state index in [-0.39, 0.29) is 6.10 Å².